The molecule has 0 saturated carbocycles. The molecule has 1 N–H and O–H groups in total. The predicted molar refractivity (Wildman–Crippen MR) is 96.2 cm³/mol. The van der Waals surface area contributed by atoms with Crippen molar-refractivity contribution in [2.24, 2.45) is 0 Å². The van der Waals surface area contributed by atoms with Crippen LogP contribution in [0.15, 0.2) is 23.1 Å². The maximum absolute atomic E-state index is 13.3. The second kappa shape index (κ2) is 7.82. The third-order valence-corrected chi connectivity index (χ3v) is 5.37. The molecule has 0 aliphatic heterocycles. The van der Waals surface area contributed by atoms with Crippen LogP contribution in [0.1, 0.15) is 40.6 Å². The summed E-state index contributed by atoms with van der Waals surface area (Å²) in [6, 6.07) is 2.11. The van der Waals surface area contributed by atoms with Gasteiger partial charge in [0.25, 0.3) is 5.56 Å². The first-order valence-corrected chi connectivity index (χ1v) is 9.28. The molecule has 8 heteroatoms. The lowest BCUT2D eigenvalue weighted by atomic mass is 9.95. The van der Waals surface area contributed by atoms with E-state index in [4.69, 9.17) is 4.74 Å². The topological polar surface area (TPSA) is 77.4 Å². The molecule has 0 aromatic carbocycles. The molecule has 3 rings (SSSR count). The van der Waals surface area contributed by atoms with Crippen LogP contribution in [0.4, 0.5) is 9.39 Å². The highest BCUT2D eigenvalue weighted by atomic mass is 32.1. The minimum atomic E-state index is -0.601. The largest absolute Gasteiger partial charge is 0.462 e. The van der Waals surface area contributed by atoms with Crippen molar-refractivity contribution < 1.29 is 18.7 Å². The Balaban J connectivity index is 1.85. The van der Waals surface area contributed by atoms with Crippen LogP contribution in [-0.2, 0) is 28.9 Å². The monoisotopic (exact) mass is 378 g/mol. The van der Waals surface area contributed by atoms with Crippen molar-refractivity contribution in [2.45, 2.75) is 39.2 Å². The number of thiophene rings is 1. The number of fused-ring (bicyclic) bond motifs is 1. The molecule has 0 fully saturated rings. The molecule has 1 aliphatic rings. The van der Waals surface area contributed by atoms with E-state index < -0.39 is 23.3 Å². The SMILES string of the molecule is CCOC(=O)c1c(NC(=O)Cn2cc(F)ccc2=O)sc2c1CCCC2. The van der Waals surface area contributed by atoms with Gasteiger partial charge in [0, 0.05) is 17.1 Å². The molecule has 2 aromatic rings. The molecule has 0 unspecified atom stereocenters. The van der Waals surface area contributed by atoms with Crippen molar-refractivity contribution >= 4 is 28.2 Å². The number of hydrogen-bond donors (Lipinski definition) is 1. The molecule has 0 spiro atoms. The number of amides is 1. The van der Waals surface area contributed by atoms with Crippen LogP contribution in [0.5, 0.6) is 0 Å². The fourth-order valence-corrected chi connectivity index (χ4v) is 4.31. The van der Waals surface area contributed by atoms with Gasteiger partial charge in [0.2, 0.25) is 5.91 Å². The maximum Gasteiger partial charge on any atom is 0.341 e. The molecule has 2 aromatic heterocycles. The molecular formula is C18H19FN2O4S. The van der Waals surface area contributed by atoms with Crippen molar-refractivity contribution in [3.05, 3.63) is 50.5 Å². The van der Waals surface area contributed by atoms with Crippen molar-refractivity contribution in [1.82, 2.24) is 4.57 Å². The zero-order valence-corrected chi connectivity index (χ0v) is 15.2. The van der Waals surface area contributed by atoms with E-state index >= 15 is 0 Å². The van der Waals surface area contributed by atoms with E-state index in [1.165, 1.54) is 11.3 Å². The highest BCUT2D eigenvalue weighted by Crippen LogP contribution is 2.38. The number of aryl methyl sites for hydroxylation is 1. The standard InChI is InChI=1S/C18H19FN2O4S/c1-2-25-18(24)16-12-5-3-4-6-13(12)26-17(16)20-14(22)10-21-9-11(19)7-8-15(21)23/h7-9H,2-6,10H2,1H3,(H,20,22). The van der Waals surface area contributed by atoms with Gasteiger partial charge in [0.05, 0.1) is 12.2 Å². The van der Waals surface area contributed by atoms with Crippen LogP contribution in [0.3, 0.4) is 0 Å². The Morgan fingerprint density at radius 2 is 2.08 bits per heavy atom. The number of nitrogens with one attached hydrogen (secondary N) is 1. The zero-order chi connectivity index (χ0) is 18.7. The van der Waals surface area contributed by atoms with E-state index in [1.807, 2.05) is 0 Å². The molecule has 1 amide bonds. The van der Waals surface area contributed by atoms with Gasteiger partial charge in [-0.2, -0.15) is 0 Å². The molecule has 0 saturated heterocycles. The minimum absolute atomic E-state index is 0.246. The third-order valence-electron chi connectivity index (χ3n) is 4.17. The summed E-state index contributed by atoms with van der Waals surface area (Å²) in [6.45, 7) is 1.64. The number of rotatable bonds is 5. The number of aromatic nitrogens is 1. The van der Waals surface area contributed by atoms with Gasteiger partial charge in [-0.1, -0.05) is 0 Å². The van der Waals surface area contributed by atoms with E-state index in [-0.39, 0.29) is 13.2 Å². The summed E-state index contributed by atoms with van der Waals surface area (Å²) in [6.07, 6.45) is 4.66. The summed E-state index contributed by atoms with van der Waals surface area (Å²) in [4.78, 5) is 37.5. The number of carbonyl (C=O) groups excluding carboxylic acids is 2. The summed E-state index contributed by atoms with van der Waals surface area (Å²) >= 11 is 1.37. The summed E-state index contributed by atoms with van der Waals surface area (Å²) in [5, 5.41) is 3.13. The number of nitrogens with zero attached hydrogens (tertiary/aromatic N) is 1. The van der Waals surface area contributed by atoms with Gasteiger partial charge in [-0.25, -0.2) is 9.18 Å². The van der Waals surface area contributed by atoms with Crippen molar-refractivity contribution in [2.75, 3.05) is 11.9 Å². The lowest BCUT2D eigenvalue weighted by Gasteiger charge is -2.12. The fraction of sp³-hybridized carbons (Fsp3) is 0.389. The molecular weight excluding hydrogens is 359 g/mol. The molecule has 0 atom stereocenters. The number of carbonyl (C=O) groups is 2. The lowest BCUT2D eigenvalue weighted by Crippen LogP contribution is -2.27. The normalized spacial score (nSPS) is 13.2. The van der Waals surface area contributed by atoms with Gasteiger partial charge in [0.1, 0.15) is 17.4 Å². The molecule has 6 nitrogen and oxygen atoms in total. The minimum Gasteiger partial charge on any atom is -0.462 e. The highest BCUT2D eigenvalue weighted by Gasteiger charge is 2.27. The number of hydrogen-bond acceptors (Lipinski definition) is 5. The first kappa shape index (κ1) is 18.3. The second-order valence-corrected chi connectivity index (χ2v) is 7.10. The van der Waals surface area contributed by atoms with Crippen LogP contribution in [0, 0.1) is 5.82 Å². The van der Waals surface area contributed by atoms with Gasteiger partial charge < -0.3 is 14.6 Å². The van der Waals surface area contributed by atoms with E-state index in [0.717, 1.165) is 59.0 Å². The Labute approximate surface area is 153 Å². The first-order chi connectivity index (χ1) is 12.5. The quantitative estimate of drug-likeness (QED) is 0.812. The second-order valence-electron chi connectivity index (χ2n) is 6.00. The zero-order valence-electron chi connectivity index (χ0n) is 14.3. The number of pyridine rings is 1. The van der Waals surface area contributed by atoms with Gasteiger partial charge in [-0.15, -0.1) is 11.3 Å². The Morgan fingerprint density at radius 3 is 2.85 bits per heavy atom. The average Bonchev–Trinajstić information content (AvgIpc) is 2.96. The molecule has 0 bridgehead atoms. The molecule has 26 heavy (non-hydrogen) atoms. The molecule has 2 heterocycles. The van der Waals surface area contributed by atoms with Gasteiger partial charge in [0.15, 0.2) is 0 Å². The molecule has 0 radical (unpaired) electrons. The smallest absolute Gasteiger partial charge is 0.341 e. The first-order valence-electron chi connectivity index (χ1n) is 8.47. The summed E-state index contributed by atoms with van der Waals surface area (Å²) in [5.41, 5.74) is 0.877. The van der Waals surface area contributed by atoms with Crippen molar-refractivity contribution in [3.63, 3.8) is 0 Å². The Kier molecular flexibility index (Phi) is 5.51. The Hall–Kier alpha value is -2.48. The van der Waals surface area contributed by atoms with Crippen LogP contribution >= 0.6 is 11.3 Å². The predicted octanol–water partition coefficient (Wildman–Crippen LogP) is 2.74. The molecule has 1 aliphatic carbocycles. The Bertz CT molecular complexity index is 903. The summed E-state index contributed by atoms with van der Waals surface area (Å²) < 4.78 is 19.4. The highest BCUT2D eigenvalue weighted by molar-refractivity contribution is 7.17. The van der Waals surface area contributed by atoms with Gasteiger partial charge in [-0.3, -0.25) is 9.59 Å². The van der Waals surface area contributed by atoms with Crippen molar-refractivity contribution in [3.8, 4) is 0 Å². The van der Waals surface area contributed by atoms with Gasteiger partial charge >= 0.3 is 5.97 Å². The Morgan fingerprint density at radius 1 is 1.31 bits per heavy atom. The number of anilines is 1. The number of esters is 1. The van der Waals surface area contributed by atoms with E-state index in [9.17, 15) is 18.8 Å². The van der Waals surface area contributed by atoms with Crippen molar-refractivity contribution in [1.29, 1.82) is 0 Å². The summed E-state index contributed by atoms with van der Waals surface area (Å²) in [7, 11) is 0. The lowest BCUT2D eigenvalue weighted by molar-refractivity contribution is -0.116. The van der Waals surface area contributed by atoms with E-state index in [1.54, 1.807) is 6.92 Å². The number of ether oxygens (including phenoxy) is 1. The van der Waals surface area contributed by atoms with Crippen LogP contribution < -0.4 is 10.9 Å². The molecule has 138 valence electrons. The summed E-state index contributed by atoms with van der Waals surface area (Å²) in [5.74, 6) is -1.55. The fourth-order valence-electron chi connectivity index (χ4n) is 3.02. The maximum atomic E-state index is 13.3. The van der Waals surface area contributed by atoms with Gasteiger partial charge in [-0.05, 0) is 44.2 Å². The van der Waals surface area contributed by atoms with Crippen LogP contribution in [0.25, 0.3) is 0 Å². The number of halogens is 1. The van der Waals surface area contributed by atoms with E-state index in [2.05, 4.69) is 5.32 Å². The van der Waals surface area contributed by atoms with E-state index in [0.29, 0.717) is 10.6 Å². The van der Waals surface area contributed by atoms with Crippen LogP contribution in [0.2, 0.25) is 0 Å². The average molecular weight is 378 g/mol. The third kappa shape index (κ3) is 3.85. The van der Waals surface area contributed by atoms with Crippen LogP contribution in [-0.4, -0.2) is 23.1 Å².